The first-order valence-electron chi connectivity index (χ1n) is 11.9. The van der Waals surface area contributed by atoms with Gasteiger partial charge in [0.2, 0.25) is 0 Å². The number of carbonyl (C=O) groups excluding carboxylic acids is 1. The van der Waals surface area contributed by atoms with Crippen molar-refractivity contribution in [2.45, 2.75) is 93.0 Å². The lowest BCUT2D eigenvalue weighted by Gasteiger charge is -2.40. The smallest absolute Gasteiger partial charge is 0.252 e. The molecule has 0 aromatic rings. The van der Waals surface area contributed by atoms with Gasteiger partial charge in [0, 0.05) is 18.4 Å². The topological polar surface area (TPSA) is 38.8 Å². The third-order valence-corrected chi connectivity index (χ3v) is 13.4. The molecule has 0 aromatic heterocycles. The number of amides is 1. The average Bonchev–Trinajstić information content (AvgIpc) is 2.96. The van der Waals surface area contributed by atoms with Gasteiger partial charge < -0.3 is 4.43 Å². The zero-order chi connectivity index (χ0) is 24.2. The van der Waals surface area contributed by atoms with Crippen LogP contribution in [0.5, 0.6) is 0 Å². The molecule has 0 N–H and O–H groups in total. The summed E-state index contributed by atoms with van der Waals surface area (Å²) < 4.78 is 6.79. The van der Waals surface area contributed by atoms with Gasteiger partial charge in [-0.3, -0.25) is 9.63 Å². The van der Waals surface area contributed by atoms with Gasteiger partial charge in [-0.05, 0) is 57.2 Å². The van der Waals surface area contributed by atoms with Crippen LogP contribution < -0.4 is 0 Å². The molecule has 178 valence electrons. The normalized spacial score (nSPS) is 32.9. The number of hydroxylamine groups is 2. The Morgan fingerprint density at radius 3 is 2.32 bits per heavy atom. The van der Waals surface area contributed by atoms with Crippen molar-refractivity contribution >= 4 is 14.2 Å². The maximum Gasteiger partial charge on any atom is 0.252 e. The van der Waals surface area contributed by atoms with Gasteiger partial charge in [0.05, 0.1) is 18.6 Å². The molecule has 31 heavy (non-hydrogen) atoms. The fourth-order valence-electron chi connectivity index (χ4n) is 5.75. The van der Waals surface area contributed by atoms with Gasteiger partial charge in [-0.1, -0.05) is 64.8 Å². The molecule has 2 rings (SSSR count). The summed E-state index contributed by atoms with van der Waals surface area (Å²) in [6.45, 7) is 24.9. The molecule has 0 heterocycles. The van der Waals surface area contributed by atoms with Gasteiger partial charge in [-0.2, -0.15) is 0 Å². The molecule has 1 amide bonds. The van der Waals surface area contributed by atoms with E-state index in [-0.39, 0.29) is 28.4 Å². The van der Waals surface area contributed by atoms with Gasteiger partial charge in [0.25, 0.3) is 5.91 Å². The zero-order valence-corrected chi connectivity index (χ0v) is 23.3. The van der Waals surface area contributed by atoms with Gasteiger partial charge in [0.1, 0.15) is 0 Å². The van der Waals surface area contributed by atoms with Crippen molar-refractivity contribution in [1.29, 1.82) is 0 Å². The molecule has 2 aliphatic rings. The van der Waals surface area contributed by atoms with E-state index in [4.69, 9.17) is 9.26 Å². The Morgan fingerprint density at radius 1 is 1.32 bits per heavy atom. The monoisotopic (exact) mass is 449 g/mol. The minimum Gasteiger partial charge on any atom is -0.413 e. The van der Waals surface area contributed by atoms with Gasteiger partial charge >= 0.3 is 0 Å². The van der Waals surface area contributed by atoms with Gasteiger partial charge in [0.15, 0.2) is 8.32 Å². The Labute approximate surface area is 192 Å². The molecule has 0 radical (unpaired) electrons. The summed E-state index contributed by atoms with van der Waals surface area (Å²) >= 11 is 0. The van der Waals surface area contributed by atoms with Crippen LogP contribution in [-0.2, 0) is 14.1 Å². The van der Waals surface area contributed by atoms with E-state index >= 15 is 0 Å². The second kappa shape index (κ2) is 8.46. The average molecular weight is 450 g/mol. The van der Waals surface area contributed by atoms with Crippen LogP contribution >= 0.6 is 0 Å². The number of carbonyl (C=O) groups is 1. The zero-order valence-electron chi connectivity index (χ0n) is 22.3. The van der Waals surface area contributed by atoms with E-state index in [1.165, 1.54) is 16.2 Å². The Hall–Kier alpha value is -0.913. The molecule has 0 saturated heterocycles. The van der Waals surface area contributed by atoms with Crippen LogP contribution in [0.2, 0.25) is 18.1 Å². The van der Waals surface area contributed by atoms with E-state index < -0.39 is 13.7 Å². The first kappa shape index (κ1) is 26.3. The highest BCUT2D eigenvalue weighted by Crippen LogP contribution is 2.78. The second-order valence-corrected chi connectivity index (χ2v) is 16.7. The third-order valence-electron chi connectivity index (χ3n) is 8.92. The standard InChI is InChI=1S/C26H47NO3Si/c1-14-20(30-31(12,13)24(5,6)7)17(2)15-18(3)21-19(4)16-25(8)22(21)26(25,9)23(28)27(10)29-11/h15-17,20-22H,14H2,1-13H3/b18-15+/t17-,20-,21-,22+,25-,26+/m1/s1. The Kier molecular flexibility index (Phi) is 7.19. The molecule has 1 fully saturated rings. The maximum atomic E-state index is 13.1. The highest BCUT2D eigenvalue weighted by molar-refractivity contribution is 6.74. The molecule has 2 aliphatic carbocycles. The van der Waals surface area contributed by atoms with Gasteiger partial charge in [-0.15, -0.1) is 0 Å². The number of nitrogens with zero attached hydrogens (tertiary/aromatic N) is 1. The Bertz CT molecular complexity index is 765. The van der Waals surface area contributed by atoms with Crippen LogP contribution in [0.15, 0.2) is 23.3 Å². The summed E-state index contributed by atoms with van der Waals surface area (Å²) in [6.07, 6.45) is 5.99. The van der Waals surface area contributed by atoms with Crippen LogP contribution in [0, 0.1) is 28.6 Å². The van der Waals surface area contributed by atoms with Crippen LogP contribution in [0.3, 0.4) is 0 Å². The minimum atomic E-state index is -1.82. The van der Waals surface area contributed by atoms with Crippen molar-refractivity contribution < 1.29 is 14.1 Å². The predicted octanol–water partition coefficient (Wildman–Crippen LogP) is 6.61. The second-order valence-electron chi connectivity index (χ2n) is 11.9. The fraction of sp³-hybridized carbons (Fsp3) is 0.808. The van der Waals surface area contributed by atoms with Crippen LogP contribution in [0.4, 0.5) is 0 Å². The Balaban J connectivity index is 2.26. The largest absolute Gasteiger partial charge is 0.413 e. The molecule has 0 spiro atoms. The molecular formula is C26H47NO3Si. The third kappa shape index (κ3) is 4.22. The summed E-state index contributed by atoms with van der Waals surface area (Å²) in [5.41, 5.74) is 2.23. The SMILES string of the molecule is CC[C@@H](O[Si](C)(C)C(C)(C)C)[C@H](C)/C=C(\C)[C@@H]1C(C)=C[C@]2(C)[C@H]1[C@@]2(C)C(=O)N(C)OC. The van der Waals surface area contributed by atoms with E-state index in [0.29, 0.717) is 11.8 Å². The predicted molar refractivity (Wildman–Crippen MR) is 132 cm³/mol. The van der Waals surface area contributed by atoms with E-state index in [9.17, 15) is 4.79 Å². The van der Waals surface area contributed by atoms with Crippen molar-refractivity contribution in [2.75, 3.05) is 14.2 Å². The lowest BCUT2D eigenvalue weighted by Crippen LogP contribution is -2.45. The summed E-state index contributed by atoms with van der Waals surface area (Å²) in [5, 5.41) is 1.60. The molecule has 4 nitrogen and oxygen atoms in total. The Morgan fingerprint density at radius 2 is 1.87 bits per heavy atom. The van der Waals surface area contributed by atoms with Crippen molar-refractivity contribution in [1.82, 2.24) is 5.06 Å². The molecule has 1 saturated carbocycles. The van der Waals surface area contributed by atoms with E-state index in [2.05, 4.69) is 87.6 Å². The van der Waals surface area contributed by atoms with Crippen molar-refractivity contribution in [3.8, 4) is 0 Å². The fourth-order valence-corrected chi connectivity index (χ4v) is 7.24. The van der Waals surface area contributed by atoms with Crippen molar-refractivity contribution in [3.05, 3.63) is 23.3 Å². The summed E-state index contributed by atoms with van der Waals surface area (Å²) in [7, 11) is 1.45. The lowest BCUT2D eigenvalue weighted by molar-refractivity contribution is -0.176. The lowest BCUT2D eigenvalue weighted by atomic mass is 9.82. The molecule has 0 aliphatic heterocycles. The van der Waals surface area contributed by atoms with Crippen LogP contribution in [0.25, 0.3) is 0 Å². The van der Waals surface area contributed by atoms with E-state index in [0.717, 1.165) is 6.42 Å². The van der Waals surface area contributed by atoms with E-state index in [1.54, 1.807) is 14.2 Å². The highest BCUT2D eigenvalue weighted by atomic mass is 28.4. The molecule has 0 bridgehead atoms. The number of fused-ring (bicyclic) bond motifs is 1. The molecular weight excluding hydrogens is 402 g/mol. The molecule has 0 unspecified atom stereocenters. The highest BCUT2D eigenvalue weighted by Gasteiger charge is 2.78. The summed E-state index contributed by atoms with van der Waals surface area (Å²) in [5.74, 6) is 0.998. The van der Waals surface area contributed by atoms with E-state index in [1.807, 2.05) is 0 Å². The van der Waals surface area contributed by atoms with Crippen molar-refractivity contribution in [3.63, 3.8) is 0 Å². The first-order chi connectivity index (χ1) is 14.0. The molecule has 6 atom stereocenters. The number of hydrogen-bond donors (Lipinski definition) is 0. The molecule has 0 aromatic carbocycles. The number of hydrogen-bond acceptors (Lipinski definition) is 3. The van der Waals surface area contributed by atoms with Crippen LogP contribution in [0.1, 0.15) is 68.7 Å². The summed E-state index contributed by atoms with van der Waals surface area (Å²) in [4.78, 5) is 18.3. The quantitative estimate of drug-likeness (QED) is 0.238. The molecule has 5 heteroatoms. The first-order valence-corrected chi connectivity index (χ1v) is 14.8. The van der Waals surface area contributed by atoms with Crippen molar-refractivity contribution in [2.24, 2.45) is 28.6 Å². The van der Waals surface area contributed by atoms with Gasteiger partial charge in [-0.25, -0.2) is 5.06 Å². The number of allylic oxidation sites excluding steroid dienone is 3. The number of rotatable bonds is 8. The maximum absolute atomic E-state index is 13.1. The minimum absolute atomic E-state index is 0.0739. The van der Waals surface area contributed by atoms with Crippen LogP contribution in [-0.4, -0.2) is 39.5 Å². The summed E-state index contributed by atoms with van der Waals surface area (Å²) in [6, 6.07) is 0.